The van der Waals surface area contributed by atoms with E-state index < -0.39 is 16.1 Å². The molecule has 1 aromatic rings. The Bertz CT molecular complexity index is 785. The van der Waals surface area contributed by atoms with Gasteiger partial charge in [0.1, 0.15) is 5.75 Å². The Morgan fingerprint density at radius 2 is 1.79 bits per heavy atom. The van der Waals surface area contributed by atoms with E-state index in [1.54, 1.807) is 29.2 Å². The number of sulfonamides is 1. The van der Waals surface area contributed by atoms with Crippen molar-refractivity contribution < 1.29 is 27.5 Å². The van der Waals surface area contributed by atoms with E-state index in [0.29, 0.717) is 43.8 Å². The molecule has 28 heavy (non-hydrogen) atoms. The molecule has 0 aliphatic carbocycles. The summed E-state index contributed by atoms with van der Waals surface area (Å²) in [6.45, 7) is 2.86. The molecule has 1 aliphatic rings. The van der Waals surface area contributed by atoms with E-state index in [1.807, 2.05) is 6.92 Å². The summed E-state index contributed by atoms with van der Waals surface area (Å²) in [5, 5.41) is 0. The van der Waals surface area contributed by atoms with Gasteiger partial charge in [-0.3, -0.25) is 13.9 Å². The zero-order valence-corrected chi connectivity index (χ0v) is 17.6. The standard InChI is InChI=1S/C19H28N2O6S/c1-5-17(18(22)21-12-10-14(11-13-21)19(23)26-3)27-16-8-6-15(7-9-16)20(2)28(4,24)25/h6-9,14,17H,5,10-13H2,1-4H3. The summed E-state index contributed by atoms with van der Waals surface area (Å²) < 4.78 is 35.0. The van der Waals surface area contributed by atoms with Crippen molar-refractivity contribution in [3.8, 4) is 5.75 Å². The van der Waals surface area contributed by atoms with E-state index in [9.17, 15) is 18.0 Å². The molecule has 0 N–H and O–H groups in total. The minimum atomic E-state index is -3.34. The number of hydrogen-bond donors (Lipinski definition) is 0. The number of piperidine rings is 1. The van der Waals surface area contributed by atoms with Crippen molar-refractivity contribution in [1.82, 2.24) is 4.90 Å². The van der Waals surface area contributed by atoms with Gasteiger partial charge in [0.15, 0.2) is 6.10 Å². The van der Waals surface area contributed by atoms with E-state index in [0.717, 1.165) is 6.26 Å². The van der Waals surface area contributed by atoms with Crippen LogP contribution < -0.4 is 9.04 Å². The Labute approximate surface area is 166 Å². The van der Waals surface area contributed by atoms with Crippen LogP contribution >= 0.6 is 0 Å². The van der Waals surface area contributed by atoms with Gasteiger partial charge in [-0.15, -0.1) is 0 Å². The van der Waals surface area contributed by atoms with Gasteiger partial charge in [0.2, 0.25) is 10.0 Å². The van der Waals surface area contributed by atoms with Crippen molar-refractivity contribution >= 4 is 27.6 Å². The maximum atomic E-state index is 12.8. The van der Waals surface area contributed by atoms with Crippen molar-refractivity contribution in [2.75, 3.05) is 37.8 Å². The number of anilines is 1. The van der Waals surface area contributed by atoms with E-state index >= 15 is 0 Å². The second-order valence-electron chi connectivity index (χ2n) is 6.86. The SMILES string of the molecule is CCC(Oc1ccc(N(C)S(C)(=O)=O)cc1)C(=O)N1CCC(C(=O)OC)CC1. The molecule has 9 heteroatoms. The van der Waals surface area contributed by atoms with Crippen LogP contribution in [-0.4, -0.2) is 64.8 Å². The number of amides is 1. The van der Waals surface area contributed by atoms with Crippen LogP contribution in [0.2, 0.25) is 0 Å². The monoisotopic (exact) mass is 412 g/mol. The number of methoxy groups -OCH3 is 1. The first kappa shape index (κ1) is 22.0. The zero-order valence-electron chi connectivity index (χ0n) is 16.8. The van der Waals surface area contributed by atoms with Crippen LogP contribution in [0, 0.1) is 5.92 Å². The molecule has 1 atom stereocenters. The summed E-state index contributed by atoms with van der Waals surface area (Å²) in [4.78, 5) is 26.1. The van der Waals surface area contributed by atoms with Crippen molar-refractivity contribution in [1.29, 1.82) is 0 Å². The van der Waals surface area contributed by atoms with Gasteiger partial charge in [-0.1, -0.05) is 6.92 Å². The highest BCUT2D eigenvalue weighted by Crippen LogP contribution is 2.23. The van der Waals surface area contributed by atoms with E-state index in [1.165, 1.54) is 18.5 Å². The van der Waals surface area contributed by atoms with Gasteiger partial charge in [-0.2, -0.15) is 0 Å². The molecular formula is C19H28N2O6S. The largest absolute Gasteiger partial charge is 0.481 e. The Balaban J connectivity index is 1.98. The van der Waals surface area contributed by atoms with Crippen LogP contribution in [-0.2, 0) is 24.3 Å². The maximum absolute atomic E-state index is 12.8. The van der Waals surface area contributed by atoms with Gasteiger partial charge in [0, 0.05) is 20.1 Å². The third kappa shape index (κ3) is 5.37. The van der Waals surface area contributed by atoms with Crippen LogP contribution in [0.4, 0.5) is 5.69 Å². The fourth-order valence-electron chi connectivity index (χ4n) is 3.10. The van der Waals surface area contributed by atoms with Crippen LogP contribution in [0.15, 0.2) is 24.3 Å². The summed E-state index contributed by atoms with van der Waals surface area (Å²) in [7, 11) is -0.490. The summed E-state index contributed by atoms with van der Waals surface area (Å²) in [5.74, 6) is 0.00223. The molecule has 0 spiro atoms. The molecule has 2 rings (SSSR count). The molecule has 8 nitrogen and oxygen atoms in total. The number of carbonyl (C=O) groups excluding carboxylic acids is 2. The first-order valence-electron chi connectivity index (χ1n) is 9.24. The lowest BCUT2D eigenvalue weighted by molar-refractivity contribution is -0.150. The lowest BCUT2D eigenvalue weighted by Crippen LogP contribution is -2.46. The highest BCUT2D eigenvalue weighted by Gasteiger charge is 2.31. The molecule has 0 saturated carbocycles. The summed E-state index contributed by atoms with van der Waals surface area (Å²) in [6, 6.07) is 6.57. The molecule has 156 valence electrons. The van der Waals surface area contributed by atoms with Crippen LogP contribution in [0.25, 0.3) is 0 Å². The average molecular weight is 413 g/mol. The highest BCUT2D eigenvalue weighted by atomic mass is 32.2. The number of carbonyl (C=O) groups is 2. The molecule has 1 unspecified atom stereocenters. The zero-order chi connectivity index (χ0) is 20.9. The van der Waals surface area contributed by atoms with Crippen LogP contribution in [0.3, 0.4) is 0 Å². The van der Waals surface area contributed by atoms with Gasteiger partial charge in [0.05, 0.1) is 25.0 Å². The van der Waals surface area contributed by atoms with Gasteiger partial charge < -0.3 is 14.4 Å². The molecule has 1 fully saturated rings. The Hall–Kier alpha value is -2.29. The molecule has 0 bridgehead atoms. The van der Waals surface area contributed by atoms with Crippen molar-refractivity contribution in [2.45, 2.75) is 32.3 Å². The van der Waals surface area contributed by atoms with Gasteiger partial charge in [-0.25, -0.2) is 8.42 Å². The number of esters is 1. The number of nitrogens with zero attached hydrogens (tertiary/aromatic N) is 2. The Morgan fingerprint density at radius 1 is 1.21 bits per heavy atom. The van der Waals surface area contributed by atoms with Gasteiger partial charge in [-0.05, 0) is 43.5 Å². The molecule has 1 heterocycles. The quantitative estimate of drug-likeness (QED) is 0.632. The predicted molar refractivity (Wildman–Crippen MR) is 106 cm³/mol. The number of rotatable bonds is 7. The average Bonchev–Trinajstić information content (AvgIpc) is 2.70. The third-order valence-electron chi connectivity index (χ3n) is 4.96. The topological polar surface area (TPSA) is 93.2 Å². The molecule has 0 aromatic heterocycles. The first-order valence-corrected chi connectivity index (χ1v) is 11.1. The fourth-order valence-corrected chi connectivity index (χ4v) is 3.61. The smallest absolute Gasteiger partial charge is 0.308 e. The summed E-state index contributed by atoms with van der Waals surface area (Å²) in [6.07, 6.45) is 2.17. The number of ether oxygens (including phenoxy) is 2. The van der Waals surface area contributed by atoms with Crippen molar-refractivity contribution in [2.24, 2.45) is 5.92 Å². The Morgan fingerprint density at radius 3 is 2.25 bits per heavy atom. The van der Waals surface area contributed by atoms with Crippen molar-refractivity contribution in [3.05, 3.63) is 24.3 Å². The lowest BCUT2D eigenvalue weighted by atomic mass is 9.96. The predicted octanol–water partition coefficient (Wildman–Crippen LogP) is 1.65. The van der Waals surface area contributed by atoms with Crippen molar-refractivity contribution in [3.63, 3.8) is 0 Å². The van der Waals surface area contributed by atoms with Gasteiger partial charge in [0.25, 0.3) is 5.91 Å². The van der Waals surface area contributed by atoms with Crippen LogP contribution in [0.1, 0.15) is 26.2 Å². The lowest BCUT2D eigenvalue weighted by Gasteiger charge is -2.33. The molecule has 1 aromatic carbocycles. The maximum Gasteiger partial charge on any atom is 0.308 e. The first-order chi connectivity index (χ1) is 13.2. The highest BCUT2D eigenvalue weighted by molar-refractivity contribution is 7.92. The van der Waals surface area contributed by atoms with E-state index in [4.69, 9.17) is 9.47 Å². The molecule has 1 aliphatic heterocycles. The number of likely N-dealkylation sites (tertiary alicyclic amines) is 1. The normalized spacial score (nSPS) is 16.4. The fraction of sp³-hybridized carbons (Fsp3) is 0.579. The minimum absolute atomic E-state index is 0.108. The molecule has 1 saturated heterocycles. The molecular weight excluding hydrogens is 384 g/mol. The minimum Gasteiger partial charge on any atom is -0.481 e. The summed E-state index contributed by atoms with van der Waals surface area (Å²) >= 11 is 0. The van der Waals surface area contributed by atoms with E-state index in [2.05, 4.69) is 0 Å². The number of hydrogen-bond acceptors (Lipinski definition) is 6. The third-order valence-corrected chi connectivity index (χ3v) is 6.17. The Kier molecular flexibility index (Phi) is 7.29. The summed E-state index contributed by atoms with van der Waals surface area (Å²) in [5.41, 5.74) is 0.513. The van der Waals surface area contributed by atoms with Crippen LogP contribution in [0.5, 0.6) is 5.75 Å². The molecule has 0 radical (unpaired) electrons. The van der Waals surface area contributed by atoms with E-state index in [-0.39, 0.29) is 17.8 Å². The number of benzene rings is 1. The molecule has 1 amide bonds. The second-order valence-corrected chi connectivity index (χ2v) is 8.88. The van der Waals surface area contributed by atoms with Gasteiger partial charge >= 0.3 is 5.97 Å². The second kappa shape index (κ2) is 9.27.